The molecule has 0 radical (unpaired) electrons. The SMILES string of the molecule is O=C1/C(=C\c2cccc3ccccc23)COc2ccccc21. The summed E-state index contributed by atoms with van der Waals surface area (Å²) in [6.45, 7) is 0.319. The Bertz CT molecular complexity index is 901. The Balaban J connectivity index is 1.82. The van der Waals surface area contributed by atoms with Gasteiger partial charge in [-0.3, -0.25) is 4.79 Å². The van der Waals surface area contributed by atoms with Gasteiger partial charge >= 0.3 is 0 Å². The molecule has 3 aromatic carbocycles. The number of hydrogen-bond acceptors (Lipinski definition) is 2. The summed E-state index contributed by atoms with van der Waals surface area (Å²) in [5.41, 5.74) is 2.37. The lowest BCUT2D eigenvalue weighted by molar-refractivity contribution is 0.100. The van der Waals surface area contributed by atoms with Gasteiger partial charge in [-0.2, -0.15) is 0 Å². The molecule has 1 aliphatic rings. The van der Waals surface area contributed by atoms with Gasteiger partial charge in [-0.1, -0.05) is 54.6 Å². The van der Waals surface area contributed by atoms with Gasteiger partial charge in [-0.25, -0.2) is 0 Å². The van der Waals surface area contributed by atoms with Crippen LogP contribution < -0.4 is 4.74 Å². The van der Waals surface area contributed by atoms with E-state index in [2.05, 4.69) is 18.2 Å². The maximum atomic E-state index is 12.6. The predicted molar refractivity (Wildman–Crippen MR) is 88.2 cm³/mol. The lowest BCUT2D eigenvalue weighted by Gasteiger charge is -2.18. The minimum absolute atomic E-state index is 0.0507. The maximum absolute atomic E-state index is 12.6. The second-order valence-corrected chi connectivity index (χ2v) is 5.35. The molecule has 0 fully saturated rings. The first-order valence-electron chi connectivity index (χ1n) is 7.28. The van der Waals surface area contributed by atoms with Crippen molar-refractivity contribution in [3.8, 4) is 5.75 Å². The Labute approximate surface area is 128 Å². The smallest absolute Gasteiger partial charge is 0.196 e. The predicted octanol–water partition coefficient (Wildman–Crippen LogP) is 4.50. The molecule has 2 heteroatoms. The molecule has 4 rings (SSSR count). The highest BCUT2D eigenvalue weighted by molar-refractivity contribution is 6.14. The van der Waals surface area contributed by atoms with Gasteiger partial charge in [0.25, 0.3) is 0 Å². The summed E-state index contributed by atoms with van der Waals surface area (Å²) in [6, 6.07) is 21.7. The molecule has 0 unspecified atom stereocenters. The molecule has 0 aliphatic carbocycles. The summed E-state index contributed by atoms with van der Waals surface area (Å²) in [5.74, 6) is 0.720. The number of carbonyl (C=O) groups is 1. The summed E-state index contributed by atoms with van der Waals surface area (Å²) in [5, 5.41) is 2.31. The summed E-state index contributed by atoms with van der Waals surface area (Å²) in [6.07, 6.45) is 1.95. The largest absolute Gasteiger partial charge is 0.488 e. The van der Waals surface area contributed by atoms with Crippen molar-refractivity contribution >= 4 is 22.6 Å². The van der Waals surface area contributed by atoms with Crippen molar-refractivity contribution in [3.63, 3.8) is 0 Å². The van der Waals surface area contributed by atoms with Crippen LogP contribution in [0.2, 0.25) is 0 Å². The third-order valence-electron chi connectivity index (χ3n) is 3.96. The quantitative estimate of drug-likeness (QED) is 0.616. The van der Waals surface area contributed by atoms with Crippen molar-refractivity contribution in [1.29, 1.82) is 0 Å². The second-order valence-electron chi connectivity index (χ2n) is 5.35. The molecule has 0 saturated heterocycles. The number of benzene rings is 3. The lowest BCUT2D eigenvalue weighted by atomic mass is 9.96. The summed E-state index contributed by atoms with van der Waals surface area (Å²) >= 11 is 0. The van der Waals surface area contributed by atoms with Crippen molar-refractivity contribution in [2.45, 2.75) is 0 Å². The fourth-order valence-electron chi connectivity index (χ4n) is 2.85. The Morgan fingerprint density at radius 1 is 0.864 bits per heavy atom. The molecule has 0 bridgehead atoms. The minimum Gasteiger partial charge on any atom is -0.488 e. The van der Waals surface area contributed by atoms with Gasteiger partial charge in [-0.05, 0) is 34.5 Å². The van der Waals surface area contributed by atoms with E-state index in [-0.39, 0.29) is 5.78 Å². The first-order chi connectivity index (χ1) is 10.8. The van der Waals surface area contributed by atoms with E-state index >= 15 is 0 Å². The van der Waals surface area contributed by atoms with E-state index in [9.17, 15) is 4.79 Å². The van der Waals surface area contributed by atoms with Gasteiger partial charge in [0.15, 0.2) is 5.78 Å². The zero-order chi connectivity index (χ0) is 14.9. The van der Waals surface area contributed by atoms with Crippen LogP contribution in [0.3, 0.4) is 0 Å². The van der Waals surface area contributed by atoms with E-state index in [0.717, 1.165) is 10.9 Å². The number of ether oxygens (including phenoxy) is 1. The van der Waals surface area contributed by atoms with E-state index in [1.54, 1.807) is 0 Å². The average molecular weight is 286 g/mol. The molecular weight excluding hydrogens is 272 g/mol. The molecule has 0 atom stereocenters. The fraction of sp³-hybridized carbons (Fsp3) is 0.0500. The van der Waals surface area contributed by atoms with Crippen LogP contribution in [0.1, 0.15) is 15.9 Å². The fourth-order valence-corrected chi connectivity index (χ4v) is 2.85. The topological polar surface area (TPSA) is 26.3 Å². The molecule has 22 heavy (non-hydrogen) atoms. The van der Waals surface area contributed by atoms with Crippen LogP contribution in [0.25, 0.3) is 16.8 Å². The highest BCUT2D eigenvalue weighted by Gasteiger charge is 2.22. The molecule has 3 aromatic rings. The molecule has 106 valence electrons. The van der Waals surface area contributed by atoms with Gasteiger partial charge in [0.1, 0.15) is 12.4 Å². The molecule has 1 heterocycles. The Morgan fingerprint density at radius 3 is 2.59 bits per heavy atom. The van der Waals surface area contributed by atoms with Crippen LogP contribution in [-0.2, 0) is 0 Å². The Morgan fingerprint density at radius 2 is 1.64 bits per heavy atom. The van der Waals surface area contributed by atoms with Crippen molar-refractivity contribution in [1.82, 2.24) is 0 Å². The van der Waals surface area contributed by atoms with Crippen molar-refractivity contribution < 1.29 is 9.53 Å². The number of hydrogen-bond donors (Lipinski definition) is 0. The van der Waals surface area contributed by atoms with Crippen LogP contribution in [0.4, 0.5) is 0 Å². The van der Waals surface area contributed by atoms with Gasteiger partial charge in [0, 0.05) is 5.57 Å². The van der Waals surface area contributed by atoms with Crippen molar-refractivity contribution in [3.05, 3.63) is 83.4 Å². The van der Waals surface area contributed by atoms with Gasteiger partial charge in [-0.15, -0.1) is 0 Å². The number of ketones is 1. The van der Waals surface area contributed by atoms with Gasteiger partial charge in [0.05, 0.1) is 5.56 Å². The zero-order valence-corrected chi connectivity index (χ0v) is 12.0. The molecule has 0 N–H and O–H groups in total. The number of fused-ring (bicyclic) bond motifs is 2. The van der Waals surface area contributed by atoms with Gasteiger partial charge < -0.3 is 4.74 Å². The van der Waals surface area contributed by atoms with Crippen LogP contribution in [0.5, 0.6) is 5.75 Å². The zero-order valence-electron chi connectivity index (χ0n) is 12.0. The Hall–Kier alpha value is -2.87. The van der Waals surface area contributed by atoms with Crippen LogP contribution in [-0.4, -0.2) is 12.4 Å². The molecular formula is C20H14O2. The third kappa shape index (κ3) is 2.09. The average Bonchev–Trinajstić information content (AvgIpc) is 2.58. The molecule has 0 aromatic heterocycles. The standard InChI is InChI=1S/C20H14O2/c21-20-16(13-22-19-11-4-3-10-18(19)20)12-15-8-5-7-14-6-1-2-9-17(14)15/h1-12H,13H2/b16-12-. The first-order valence-corrected chi connectivity index (χ1v) is 7.28. The van der Waals surface area contributed by atoms with Gasteiger partial charge in [0.2, 0.25) is 0 Å². The van der Waals surface area contributed by atoms with E-state index in [1.807, 2.05) is 54.6 Å². The van der Waals surface area contributed by atoms with E-state index in [1.165, 1.54) is 5.39 Å². The van der Waals surface area contributed by atoms with E-state index in [0.29, 0.717) is 23.5 Å². The number of carbonyl (C=O) groups excluding carboxylic acids is 1. The highest BCUT2D eigenvalue weighted by atomic mass is 16.5. The second kappa shape index (κ2) is 5.15. The normalized spacial score (nSPS) is 15.6. The number of rotatable bonds is 1. The summed E-state index contributed by atoms with van der Waals surface area (Å²) < 4.78 is 5.70. The highest BCUT2D eigenvalue weighted by Crippen LogP contribution is 2.29. The summed E-state index contributed by atoms with van der Waals surface area (Å²) in [7, 11) is 0. The first kappa shape index (κ1) is 12.8. The Kier molecular flexibility index (Phi) is 3.01. The van der Waals surface area contributed by atoms with E-state index < -0.39 is 0 Å². The van der Waals surface area contributed by atoms with Crippen LogP contribution in [0, 0.1) is 0 Å². The molecule has 0 amide bonds. The lowest BCUT2D eigenvalue weighted by Crippen LogP contribution is -2.18. The van der Waals surface area contributed by atoms with Crippen LogP contribution in [0.15, 0.2) is 72.3 Å². The molecule has 2 nitrogen and oxygen atoms in total. The molecule has 0 spiro atoms. The molecule has 0 saturated carbocycles. The van der Waals surface area contributed by atoms with Crippen molar-refractivity contribution in [2.24, 2.45) is 0 Å². The van der Waals surface area contributed by atoms with Crippen molar-refractivity contribution in [2.75, 3.05) is 6.61 Å². The molecule has 1 aliphatic heterocycles. The van der Waals surface area contributed by atoms with Crippen LogP contribution >= 0.6 is 0 Å². The monoisotopic (exact) mass is 286 g/mol. The summed E-state index contributed by atoms with van der Waals surface area (Å²) in [4.78, 5) is 12.6. The minimum atomic E-state index is 0.0507. The third-order valence-corrected chi connectivity index (χ3v) is 3.96. The number of para-hydroxylation sites is 1. The maximum Gasteiger partial charge on any atom is 0.196 e. The van der Waals surface area contributed by atoms with E-state index in [4.69, 9.17) is 4.74 Å². The number of Topliss-reactive ketones (excluding diaryl/α,β-unsaturated/α-hetero) is 1.